The van der Waals surface area contributed by atoms with Crippen molar-refractivity contribution in [1.29, 1.82) is 0 Å². The van der Waals surface area contributed by atoms with Crippen molar-refractivity contribution in [3.8, 4) is 0 Å². The van der Waals surface area contributed by atoms with E-state index in [1.165, 1.54) is 0 Å². The van der Waals surface area contributed by atoms with Crippen LogP contribution in [0.2, 0.25) is 0 Å². The Bertz CT molecular complexity index is 391. The number of rotatable bonds is 2. The Kier molecular flexibility index (Phi) is 2.54. The van der Waals surface area contributed by atoms with E-state index in [9.17, 15) is 8.78 Å². The average Bonchev–Trinajstić information content (AvgIpc) is 2.15. The number of halogens is 2. The third kappa shape index (κ3) is 1.96. The molecule has 0 spiro atoms. The highest BCUT2D eigenvalue weighted by molar-refractivity contribution is 5.33. The summed E-state index contributed by atoms with van der Waals surface area (Å²) < 4.78 is 25.8. The van der Waals surface area contributed by atoms with Gasteiger partial charge < -0.3 is 5.73 Å². The van der Waals surface area contributed by atoms with Crippen LogP contribution < -0.4 is 5.73 Å². The molecule has 1 aliphatic rings. The highest BCUT2D eigenvalue weighted by Gasteiger charge is 2.55. The van der Waals surface area contributed by atoms with E-state index in [4.69, 9.17) is 5.73 Å². The van der Waals surface area contributed by atoms with Crippen molar-refractivity contribution in [2.24, 2.45) is 5.73 Å². The molecule has 3 heteroatoms. The predicted molar refractivity (Wildman–Crippen MR) is 60.6 cm³/mol. The molecule has 16 heavy (non-hydrogen) atoms. The van der Waals surface area contributed by atoms with Crippen molar-refractivity contribution in [3.05, 3.63) is 35.4 Å². The van der Waals surface area contributed by atoms with E-state index in [0.717, 1.165) is 11.1 Å². The summed E-state index contributed by atoms with van der Waals surface area (Å²) in [6.45, 7) is 4.16. The summed E-state index contributed by atoms with van der Waals surface area (Å²) in [5.41, 5.74) is 7.15. The van der Waals surface area contributed by atoms with E-state index in [-0.39, 0.29) is 12.8 Å². The normalized spacial score (nSPS) is 21.9. The van der Waals surface area contributed by atoms with Crippen LogP contribution in [0.5, 0.6) is 0 Å². The number of hydrogen-bond acceptors (Lipinski definition) is 1. The molecule has 0 saturated heterocycles. The van der Waals surface area contributed by atoms with E-state index in [2.05, 4.69) is 13.8 Å². The minimum absolute atomic E-state index is 0.235. The van der Waals surface area contributed by atoms with Crippen molar-refractivity contribution in [2.75, 3.05) is 0 Å². The van der Waals surface area contributed by atoms with Crippen LogP contribution in [0.3, 0.4) is 0 Å². The summed E-state index contributed by atoms with van der Waals surface area (Å²) in [6.07, 6.45) is -0.469. The molecule has 1 aliphatic carbocycles. The fourth-order valence-corrected chi connectivity index (χ4v) is 2.28. The highest BCUT2D eigenvalue weighted by Crippen LogP contribution is 2.49. The molecule has 88 valence electrons. The van der Waals surface area contributed by atoms with Gasteiger partial charge in [0.1, 0.15) is 0 Å². The monoisotopic (exact) mass is 225 g/mol. The fraction of sp³-hybridized carbons (Fsp3) is 0.538. The van der Waals surface area contributed by atoms with Gasteiger partial charge in [-0.15, -0.1) is 0 Å². The van der Waals surface area contributed by atoms with Crippen LogP contribution in [0.25, 0.3) is 0 Å². The minimum Gasteiger partial charge on any atom is -0.321 e. The lowest BCUT2D eigenvalue weighted by Crippen LogP contribution is -2.55. The maximum absolute atomic E-state index is 12.9. The largest absolute Gasteiger partial charge is 0.321 e. The minimum atomic E-state index is -2.58. The zero-order valence-electron chi connectivity index (χ0n) is 9.63. The molecule has 0 bridgehead atoms. The predicted octanol–water partition coefficient (Wildman–Crippen LogP) is 3.39. The Balaban J connectivity index is 2.25. The van der Waals surface area contributed by atoms with E-state index >= 15 is 0 Å². The number of alkyl halides is 2. The van der Waals surface area contributed by atoms with Crippen molar-refractivity contribution in [2.45, 2.75) is 44.1 Å². The smallest absolute Gasteiger partial charge is 0.252 e. The Morgan fingerprint density at radius 3 is 2.38 bits per heavy atom. The first kappa shape index (κ1) is 11.5. The quantitative estimate of drug-likeness (QED) is 0.820. The first-order valence-electron chi connectivity index (χ1n) is 5.60. The second-order valence-electron chi connectivity index (χ2n) is 5.15. The molecule has 0 aromatic heterocycles. The van der Waals surface area contributed by atoms with Gasteiger partial charge in [0.15, 0.2) is 0 Å². The Morgan fingerprint density at radius 1 is 1.25 bits per heavy atom. The van der Waals surface area contributed by atoms with Crippen molar-refractivity contribution >= 4 is 0 Å². The first-order chi connectivity index (χ1) is 7.32. The van der Waals surface area contributed by atoms with Crippen LogP contribution in [-0.2, 0) is 5.54 Å². The lowest BCUT2D eigenvalue weighted by Gasteiger charge is -2.45. The fourth-order valence-electron chi connectivity index (χ4n) is 2.28. The summed E-state index contributed by atoms with van der Waals surface area (Å²) in [4.78, 5) is 0. The maximum atomic E-state index is 12.9. The summed E-state index contributed by atoms with van der Waals surface area (Å²) in [5.74, 6) is -2.19. The van der Waals surface area contributed by atoms with Crippen LogP contribution in [0, 0.1) is 0 Å². The van der Waals surface area contributed by atoms with Gasteiger partial charge in [0.2, 0.25) is 0 Å². The summed E-state index contributed by atoms with van der Waals surface area (Å²) in [5, 5.41) is 0. The standard InChI is InChI=1S/C13H17F2N/c1-9(2)10-4-3-5-11(6-10)12(16)7-13(14,15)8-12/h3-6,9H,7-8,16H2,1-2H3. The molecule has 1 nitrogen and oxygen atoms in total. The van der Waals surface area contributed by atoms with Crippen molar-refractivity contribution in [3.63, 3.8) is 0 Å². The van der Waals surface area contributed by atoms with Gasteiger partial charge in [0, 0.05) is 12.8 Å². The summed E-state index contributed by atoms with van der Waals surface area (Å²) in [6, 6.07) is 7.71. The van der Waals surface area contributed by atoms with Crippen LogP contribution in [0.15, 0.2) is 24.3 Å². The van der Waals surface area contributed by atoms with Gasteiger partial charge in [-0.05, 0) is 17.0 Å². The first-order valence-corrected chi connectivity index (χ1v) is 5.60. The van der Waals surface area contributed by atoms with E-state index in [1.807, 2.05) is 24.3 Å². The van der Waals surface area contributed by atoms with Gasteiger partial charge in [-0.25, -0.2) is 8.78 Å². The topological polar surface area (TPSA) is 26.0 Å². The second-order valence-corrected chi connectivity index (χ2v) is 5.15. The number of benzene rings is 1. The van der Waals surface area contributed by atoms with Crippen molar-refractivity contribution in [1.82, 2.24) is 0 Å². The zero-order valence-corrected chi connectivity index (χ0v) is 9.63. The van der Waals surface area contributed by atoms with Gasteiger partial charge in [-0.2, -0.15) is 0 Å². The van der Waals surface area contributed by atoms with Crippen molar-refractivity contribution < 1.29 is 8.78 Å². The molecule has 1 saturated carbocycles. The van der Waals surface area contributed by atoms with Gasteiger partial charge in [0.25, 0.3) is 5.92 Å². The summed E-state index contributed by atoms with van der Waals surface area (Å²) in [7, 11) is 0. The summed E-state index contributed by atoms with van der Waals surface area (Å²) >= 11 is 0. The van der Waals surface area contributed by atoms with Gasteiger partial charge in [-0.1, -0.05) is 38.1 Å². The van der Waals surface area contributed by atoms with E-state index < -0.39 is 11.5 Å². The van der Waals surface area contributed by atoms with E-state index in [1.54, 1.807) is 0 Å². The van der Waals surface area contributed by atoms with Crippen LogP contribution in [0.4, 0.5) is 8.78 Å². The Morgan fingerprint density at radius 2 is 1.88 bits per heavy atom. The zero-order chi connectivity index (χ0) is 12.0. The lowest BCUT2D eigenvalue weighted by atomic mass is 9.69. The molecule has 1 aromatic rings. The van der Waals surface area contributed by atoms with Crippen LogP contribution >= 0.6 is 0 Å². The van der Waals surface area contributed by atoms with Gasteiger partial charge in [0.05, 0.1) is 5.54 Å². The van der Waals surface area contributed by atoms with Crippen LogP contribution in [0.1, 0.15) is 43.7 Å². The maximum Gasteiger partial charge on any atom is 0.252 e. The molecular weight excluding hydrogens is 208 g/mol. The third-order valence-electron chi connectivity index (χ3n) is 3.28. The molecule has 1 aromatic carbocycles. The Hall–Kier alpha value is -0.960. The van der Waals surface area contributed by atoms with Crippen LogP contribution in [-0.4, -0.2) is 5.92 Å². The third-order valence-corrected chi connectivity index (χ3v) is 3.28. The molecule has 2 rings (SSSR count). The number of hydrogen-bond donors (Lipinski definition) is 1. The molecule has 2 N–H and O–H groups in total. The average molecular weight is 225 g/mol. The molecule has 0 radical (unpaired) electrons. The highest BCUT2D eigenvalue weighted by atomic mass is 19.3. The number of nitrogens with two attached hydrogens (primary N) is 1. The van der Waals surface area contributed by atoms with Gasteiger partial charge in [-0.3, -0.25) is 0 Å². The Labute approximate surface area is 94.7 Å². The molecule has 0 unspecified atom stereocenters. The van der Waals surface area contributed by atoms with Gasteiger partial charge >= 0.3 is 0 Å². The lowest BCUT2D eigenvalue weighted by molar-refractivity contribution is -0.125. The molecule has 0 amide bonds. The molecule has 0 atom stereocenters. The molecule has 1 fully saturated rings. The molecule has 0 aliphatic heterocycles. The second kappa shape index (κ2) is 3.52. The van der Waals surface area contributed by atoms with E-state index in [0.29, 0.717) is 5.92 Å². The molecular formula is C13H17F2N. The SMILES string of the molecule is CC(C)c1cccc(C2(N)CC(F)(F)C2)c1. The molecule has 0 heterocycles.